The highest BCUT2D eigenvalue weighted by Gasteiger charge is 2.17. The summed E-state index contributed by atoms with van der Waals surface area (Å²) in [6.45, 7) is 5.87. The minimum absolute atomic E-state index is 0.0971. The summed E-state index contributed by atoms with van der Waals surface area (Å²) >= 11 is 1.62. The first-order chi connectivity index (χ1) is 7.53. The van der Waals surface area contributed by atoms with Crippen LogP contribution in [0.4, 0.5) is 0 Å². The van der Waals surface area contributed by atoms with Gasteiger partial charge >= 0.3 is 0 Å². The van der Waals surface area contributed by atoms with Gasteiger partial charge in [0.1, 0.15) is 0 Å². The molecule has 2 N–H and O–H groups in total. The molecule has 0 aliphatic carbocycles. The van der Waals surface area contributed by atoms with Gasteiger partial charge in [-0.2, -0.15) is 0 Å². The van der Waals surface area contributed by atoms with Crippen LogP contribution in [-0.2, 0) is 11.2 Å². The summed E-state index contributed by atoms with van der Waals surface area (Å²) in [5.41, 5.74) is 0.0971. The Labute approximate surface area is 101 Å². The first-order valence-electron chi connectivity index (χ1n) is 5.47. The van der Waals surface area contributed by atoms with Crippen LogP contribution in [0, 0.1) is 5.41 Å². The van der Waals surface area contributed by atoms with E-state index in [0.717, 1.165) is 11.4 Å². The molecule has 0 atom stereocenters. The topological polar surface area (TPSA) is 41.1 Å². The van der Waals surface area contributed by atoms with E-state index in [4.69, 9.17) is 0 Å². The van der Waals surface area contributed by atoms with E-state index in [-0.39, 0.29) is 11.3 Å². The summed E-state index contributed by atoms with van der Waals surface area (Å²) in [6.07, 6.45) is 0.493. The van der Waals surface area contributed by atoms with Crippen LogP contribution in [0.5, 0.6) is 0 Å². The van der Waals surface area contributed by atoms with E-state index in [0.29, 0.717) is 13.0 Å². The lowest BCUT2D eigenvalue weighted by Crippen LogP contribution is -2.39. The van der Waals surface area contributed by atoms with Crippen molar-refractivity contribution < 1.29 is 4.79 Å². The molecule has 0 bridgehead atoms. The monoisotopic (exact) mass is 240 g/mol. The van der Waals surface area contributed by atoms with Gasteiger partial charge in [-0.1, -0.05) is 19.9 Å². The molecule has 90 valence electrons. The lowest BCUT2D eigenvalue weighted by atomic mass is 9.93. The van der Waals surface area contributed by atoms with Crippen molar-refractivity contribution in [1.29, 1.82) is 0 Å². The first kappa shape index (κ1) is 13.2. The molecule has 16 heavy (non-hydrogen) atoms. The normalized spacial score (nSPS) is 11.4. The highest BCUT2D eigenvalue weighted by Crippen LogP contribution is 2.12. The minimum atomic E-state index is 0.0971. The maximum atomic E-state index is 11.6. The van der Waals surface area contributed by atoms with Crippen LogP contribution in [0.15, 0.2) is 17.5 Å². The second kappa shape index (κ2) is 6.01. The molecule has 0 radical (unpaired) electrons. The van der Waals surface area contributed by atoms with Crippen LogP contribution in [0.3, 0.4) is 0 Å². The van der Waals surface area contributed by atoms with Gasteiger partial charge in [-0.25, -0.2) is 0 Å². The Morgan fingerprint density at radius 1 is 1.44 bits per heavy atom. The average molecular weight is 240 g/mol. The van der Waals surface area contributed by atoms with Crippen LogP contribution in [0.1, 0.15) is 18.7 Å². The number of amides is 1. The van der Waals surface area contributed by atoms with Gasteiger partial charge in [-0.3, -0.25) is 4.79 Å². The standard InChI is InChI=1S/C12H20N2OS/c1-12(2,8-13-3)9-14-11(15)7-10-5-4-6-16-10/h4-6,13H,7-9H2,1-3H3,(H,14,15). The molecule has 0 aliphatic rings. The van der Waals surface area contributed by atoms with Crippen molar-refractivity contribution in [2.75, 3.05) is 20.1 Å². The van der Waals surface area contributed by atoms with E-state index >= 15 is 0 Å². The van der Waals surface area contributed by atoms with Gasteiger partial charge < -0.3 is 10.6 Å². The Morgan fingerprint density at radius 3 is 2.75 bits per heavy atom. The van der Waals surface area contributed by atoms with Crippen molar-refractivity contribution in [3.05, 3.63) is 22.4 Å². The molecule has 0 fully saturated rings. The summed E-state index contributed by atoms with van der Waals surface area (Å²) in [5, 5.41) is 8.10. The Morgan fingerprint density at radius 2 is 2.19 bits per heavy atom. The van der Waals surface area contributed by atoms with Gasteiger partial charge in [-0.15, -0.1) is 11.3 Å². The molecule has 1 aromatic heterocycles. The third-order valence-corrected chi connectivity index (χ3v) is 3.21. The third kappa shape index (κ3) is 4.77. The summed E-state index contributed by atoms with van der Waals surface area (Å²) in [7, 11) is 1.93. The highest BCUT2D eigenvalue weighted by atomic mass is 32.1. The van der Waals surface area contributed by atoms with Crippen molar-refractivity contribution >= 4 is 17.2 Å². The predicted molar refractivity (Wildman–Crippen MR) is 68.7 cm³/mol. The number of hydrogen-bond donors (Lipinski definition) is 2. The molecule has 0 spiro atoms. The van der Waals surface area contributed by atoms with Gasteiger partial charge in [-0.05, 0) is 23.9 Å². The highest BCUT2D eigenvalue weighted by molar-refractivity contribution is 7.10. The maximum Gasteiger partial charge on any atom is 0.225 e. The second-order valence-corrected chi connectivity index (χ2v) is 5.76. The molecule has 1 aromatic rings. The Hall–Kier alpha value is -0.870. The molecule has 0 saturated carbocycles. The number of rotatable bonds is 6. The summed E-state index contributed by atoms with van der Waals surface area (Å²) in [5.74, 6) is 0.103. The first-order valence-corrected chi connectivity index (χ1v) is 6.35. The minimum Gasteiger partial charge on any atom is -0.355 e. The number of thiophene rings is 1. The van der Waals surface area contributed by atoms with Crippen molar-refractivity contribution in [2.45, 2.75) is 20.3 Å². The number of nitrogens with one attached hydrogen (secondary N) is 2. The lowest BCUT2D eigenvalue weighted by Gasteiger charge is -2.24. The Balaban J connectivity index is 2.30. The number of carbonyl (C=O) groups excluding carboxylic acids is 1. The molecule has 4 heteroatoms. The average Bonchev–Trinajstić information content (AvgIpc) is 2.68. The Kier molecular flexibility index (Phi) is 4.96. The van der Waals surface area contributed by atoms with Crippen molar-refractivity contribution in [2.24, 2.45) is 5.41 Å². The molecule has 0 unspecified atom stereocenters. The Bertz CT molecular complexity index is 320. The lowest BCUT2D eigenvalue weighted by molar-refractivity contribution is -0.120. The SMILES string of the molecule is CNCC(C)(C)CNC(=O)Cc1cccs1. The quantitative estimate of drug-likeness (QED) is 0.794. The van der Waals surface area contributed by atoms with E-state index < -0.39 is 0 Å². The van der Waals surface area contributed by atoms with Crippen molar-refractivity contribution in [3.8, 4) is 0 Å². The summed E-state index contributed by atoms with van der Waals surface area (Å²) in [4.78, 5) is 12.8. The van der Waals surface area contributed by atoms with Crippen molar-refractivity contribution in [3.63, 3.8) is 0 Å². The zero-order chi connectivity index (χ0) is 12.0. The fourth-order valence-corrected chi connectivity index (χ4v) is 2.22. The largest absolute Gasteiger partial charge is 0.355 e. The van der Waals surface area contributed by atoms with E-state index in [2.05, 4.69) is 24.5 Å². The zero-order valence-electron chi connectivity index (χ0n) is 10.2. The molecular weight excluding hydrogens is 220 g/mol. The fourth-order valence-electron chi connectivity index (χ4n) is 1.51. The number of hydrogen-bond acceptors (Lipinski definition) is 3. The van der Waals surface area contributed by atoms with Gasteiger partial charge in [0.2, 0.25) is 5.91 Å². The van der Waals surface area contributed by atoms with Crippen LogP contribution in [-0.4, -0.2) is 26.0 Å². The second-order valence-electron chi connectivity index (χ2n) is 4.73. The van der Waals surface area contributed by atoms with Crippen LogP contribution in [0.2, 0.25) is 0 Å². The third-order valence-electron chi connectivity index (χ3n) is 2.33. The van der Waals surface area contributed by atoms with Gasteiger partial charge in [0.15, 0.2) is 0 Å². The molecule has 1 rings (SSSR count). The van der Waals surface area contributed by atoms with E-state index in [1.807, 2.05) is 24.6 Å². The molecule has 0 aromatic carbocycles. The number of carbonyl (C=O) groups is 1. The van der Waals surface area contributed by atoms with Gasteiger partial charge in [0.25, 0.3) is 0 Å². The van der Waals surface area contributed by atoms with Crippen LogP contribution in [0.25, 0.3) is 0 Å². The van der Waals surface area contributed by atoms with Crippen molar-refractivity contribution in [1.82, 2.24) is 10.6 Å². The molecule has 0 saturated heterocycles. The van der Waals surface area contributed by atoms with Gasteiger partial charge in [0, 0.05) is 18.0 Å². The van der Waals surface area contributed by atoms with E-state index in [1.165, 1.54) is 0 Å². The zero-order valence-corrected chi connectivity index (χ0v) is 11.0. The molecule has 0 aliphatic heterocycles. The smallest absolute Gasteiger partial charge is 0.225 e. The summed E-state index contributed by atoms with van der Waals surface area (Å²) < 4.78 is 0. The molecular formula is C12H20N2OS. The maximum absolute atomic E-state index is 11.6. The molecule has 1 heterocycles. The fraction of sp³-hybridized carbons (Fsp3) is 0.583. The molecule has 3 nitrogen and oxygen atoms in total. The van der Waals surface area contributed by atoms with E-state index in [9.17, 15) is 4.79 Å². The van der Waals surface area contributed by atoms with E-state index in [1.54, 1.807) is 11.3 Å². The summed E-state index contributed by atoms with van der Waals surface area (Å²) in [6, 6.07) is 3.96. The van der Waals surface area contributed by atoms with Crippen LogP contribution < -0.4 is 10.6 Å². The van der Waals surface area contributed by atoms with Gasteiger partial charge in [0.05, 0.1) is 6.42 Å². The van der Waals surface area contributed by atoms with Crippen LogP contribution >= 0.6 is 11.3 Å². The predicted octanol–water partition coefficient (Wildman–Crippen LogP) is 1.65. The molecule has 1 amide bonds.